The lowest BCUT2D eigenvalue weighted by molar-refractivity contribution is 0.111. The lowest BCUT2D eigenvalue weighted by Crippen LogP contribution is -2.22. The number of aliphatic imine (C=N–C) groups is 1. The third-order valence-corrected chi connectivity index (χ3v) is 2.62. The van der Waals surface area contributed by atoms with Gasteiger partial charge in [0, 0.05) is 16.8 Å². The van der Waals surface area contributed by atoms with E-state index in [-0.39, 0.29) is 5.96 Å². The van der Waals surface area contributed by atoms with Crippen LogP contribution in [0.1, 0.15) is 20.7 Å². The van der Waals surface area contributed by atoms with Crippen LogP contribution in [-0.2, 0) is 0 Å². The van der Waals surface area contributed by atoms with Crippen LogP contribution in [0.25, 0.3) is 0 Å². The Balaban J connectivity index is 2.17. The van der Waals surface area contributed by atoms with Crippen LogP contribution >= 0.6 is 0 Å². The summed E-state index contributed by atoms with van der Waals surface area (Å²) in [6.45, 7) is 0. The molecule has 0 heterocycles. The van der Waals surface area contributed by atoms with E-state index in [1.54, 1.807) is 48.5 Å². The highest BCUT2D eigenvalue weighted by Crippen LogP contribution is 2.16. The molecule has 0 amide bonds. The number of hydrogen-bond acceptors (Lipinski definition) is 3. The van der Waals surface area contributed by atoms with E-state index in [2.05, 4.69) is 10.3 Å². The molecule has 0 aromatic heterocycles. The maximum absolute atomic E-state index is 10.9. The molecule has 0 radical (unpaired) electrons. The predicted molar refractivity (Wildman–Crippen MR) is 78.6 cm³/mol. The van der Waals surface area contributed by atoms with Crippen molar-refractivity contribution >= 4 is 29.9 Å². The number of aldehydes is 2. The number of para-hydroxylation sites is 1. The van der Waals surface area contributed by atoms with E-state index in [0.717, 1.165) is 12.6 Å². The van der Waals surface area contributed by atoms with E-state index in [0.29, 0.717) is 22.5 Å². The molecule has 0 atom stereocenters. The molecule has 0 aliphatic heterocycles. The molecule has 3 N–H and O–H groups in total. The number of nitrogens with two attached hydrogens (primary N) is 1. The maximum atomic E-state index is 10.9. The molecule has 0 saturated carbocycles. The highest BCUT2D eigenvalue weighted by molar-refractivity contribution is 5.96. The fraction of sp³-hybridized carbons (Fsp3) is 0. The standard InChI is InChI=1S/C15H13N3O2/c16-15(17-13-7-5-11(9-19)6-8-13)18-14-4-2-1-3-12(14)10-20/h1-10H,(H3,16,17,18). The van der Waals surface area contributed by atoms with Crippen molar-refractivity contribution in [3.63, 3.8) is 0 Å². The first kappa shape index (κ1) is 13.5. The van der Waals surface area contributed by atoms with Gasteiger partial charge in [-0.3, -0.25) is 9.59 Å². The van der Waals surface area contributed by atoms with Gasteiger partial charge >= 0.3 is 0 Å². The third-order valence-electron chi connectivity index (χ3n) is 2.62. The minimum Gasteiger partial charge on any atom is -0.369 e. The zero-order valence-corrected chi connectivity index (χ0v) is 10.6. The molecule has 2 aromatic rings. The molecule has 5 nitrogen and oxygen atoms in total. The summed E-state index contributed by atoms with van der Waals surface area (Å²) < 4.78 is 0. The van der Waals surface area contributed by atoms with Crippen molar-refractivity contribution in [1.29, 1.82) is 0 Å². The Hall–Kier alpha value is -2.95. The van der Waals surface area contributed by atoms with Gasteiger partial charge in [0.25, 0.3) is 0 Å². The summed E-state index contributed by atoms with van der Waals surface area (Å²) in [6, 6.07) is 13.7. The molecular weight excluding hydrogens is 254 g/mol. The van der Waals surface area contributed by atoms with Gasteiger partial charge in [0.2, 0.25) is 0 Å². The van der Waals surface area contributed by atoms with Crippen LogP contribution in [0.3, 0.4) is 0 Å². The molecule has 0 saturated heterocycles. The molecule has 0 fully saturated rings. The van der Waals surface area contributed by atoms with Gasteiger partial charge in [-0.15, -0.1) is 0 Å². The summed E-state index contributed by atoms with van der Waals surface area (Å²) in [4.78, 5) is 25.6. The Morgan fingerprint density at radius 1 is 1.00 bits per heavy atom. The topological polar surface area (TPSA) is 84.5 Å². The van der Waals surface area contributed by atoms with Gasteiger partial charge in [0.05, 0.1) is 5.69 Å². The summed E-state index contributed by atoms with van der Waals surface area (Å²) >= 11 is 0. The number of nitrogens with one attached hydrogen (secondary N) is 1. The lowest BCUT2D eigenvalue weighted by atomic mass is 10.2. The van der Waals surface area contributed by atoms with Gasteiger partial charge in [-0.1, -0.05) is 12.1 Å². The largest absolute Gasteiger partial charge is 0.369 e. The molecular formula is C15H13N3O2. The zero-order chi connectivity index (χ0) is 14.4. The zero-order valence-electron chi connectivity index (χ0n) is 10.6. The number of anilines is 1. The summed E-state index contributed by atoms with van der Waals surface area (Å²) in [5.74, 6) is 0.165. The average Bonchev–Trinajstić information content (AvgIpc) is 2.48. The van der Waals surface area contributed by atoms with Crippen LogP contribution in [0.2, 0.25) is 0 Å². The number of carbonyl (C=O) groups excluding carboxylic acids is 2. The number of rotatable bonds is 4. The second kappa shape index (κ2) is 6.29. The minimum atomic E-state index is 0.165. The van der Waals surface area contributed by atoms with E-state index in [1.165, 1.54) is 0 Å². The fourth-order valence-electron chi connectivity index (χ4n) is 1.64. The molecule has 20 heavy (non-hydrogen) atoms. The highest BCUT2D eigenvalue weighted by atomic mass is 16.1. The Morgan fingerprint density at radius 2 is 1.70 bits per heavy atom. The Bertz CT molecular complexity index is 648. The smallest absolute Gasteiger partial charge is 0.198 e. The first-order valence-electron chi connectivity index (χ1n) is 5.93. The molecule has 0 unspecified atom stereocenters. The van der Waals surface area contributed by atoms with Gasteiger partial charge in [0.1, 0.15) is 6.29 Å². The Morgan fingerprint density at radius 3 is 2.35 bits per heavy atom. The van der Waals surface area contributed by atoms with Crippen molar-refractivity contribution in [2.45, 2.75) is 0 Å². The van der Waals surface area contributed by atoms with Gasteiger partial charge in [-0.2, -0.15) is 0 Å². The number of nitrogens with zero attached hydrogens (tertiary/aromatic N) is 1. The minimum absolute atomic E-state index is 0.165. The van der Waals surface area contributed by atoms with Crippen LogP contribution in [-0.4, -0.2) is 18.5 Å². The lowest BCUT2D eigenvalue weighted by Gasteiger charge is -2.06. The summed E-state index contributed by atoms with van der Waals surface area (Å²) in [5.41, 5.74) is 8.04. The number of benzene rings is 2. The summed E-state index contributed by atoms with van der Waals surface area (Å²) in [5, 5.41) is 2.89. The Labute approximate surface area is 116 Å². The Kier molecular flexibility index (Phi) is 4.24. The van der Waals surface area contributed by atoms with E-state index < -0.39 is 0 Å². The van der Waals surface area contributed by atoms with Gasteiger partial charge in [-0.25, -0.2) is 4.99 Å². The molecule has 100 valence electrons. The van der Waals surface area contributed by atoms with E-state index in [9.17, 15) is 9.59 Å². The number of carbonyl (C=O) groups is 2. The van der Waals surface area contributed by atoms with Crippen LogP contribution in [0, 0.1) is 0 Å². The molecule has 0 bridgehead atoms. The van der Waals surface area contributed by atoms with Crippen molar-refractivity contribution in [1.82, 2.24) is 0 Å². The van der Waals surface area contributed by atoms with Crippen LogP contribution in [0.5, 0.6) is 0 Å². The summed E-state index contributed by atoms with van der Waals surface area (Å²) in [7, 11) is 0. The van der Waals surface area contributed by atoms with Crippen molar-refractivity contribution in [2.24, 2.45) is 10.7 Å². The number of hydrogen-bond donors (Lipinski definition) is 2. The van der Waals surface area contributed by atoms with E-state index in [1.807, 2.05) is 0 Å². The second-order valence-corrected chi connectivity index (χ2v) is 4.04. The normalized spacial score (nSPS) is 10.9. The van der Waals surface area contributed by atoms with Crippen LogP contribution in [0.4, 0.5) is 11.4 Å². The fourth-order valence-corrected chi connectivity index (χ4v) is 1.64. The third kappa shape index (κ3) is 3.29. The van der Waals surface area contributed by atoms with Crippen LogP contribution in [0.15, 0.2) is 53.5 Å². The maximum Gasteiger partial charge on any atom is 0.198 e. The highest BCUT2D eigenvalue weighted by Gasteiger charge is 2.00. The van der Waals surface area contributed by atoms with E-state index in [4.69, 9.17) is 5.73 Å². The molecule has 0 aliphatic carbocycles. The predicted octanol–water partition coefficient (Wildman–Crippen LogP) is 2.37. The van der Waals surface area contributed by atoms with Crippen molar-refractivity contribution in [3.05, 3.63) is 59.7 Å². The van der Waals surface area contributed by atoms with Gasteiger partial charge < -0.3 is 11.1 Å². The summed E-state index contributed by atoms with van der Waals surface area (Å²) in [6.07, 6.45) is 1.49. The molecule has 5 heteroatoms. The van der Waals surface area contributed by atoms with Crippen molar-refractivity contribution in [3.8, 4) is 0 Å². The van der Waals surface area contributed by atoms with Crippen LogP contribution < -0.4 is 11.1 Å². The molecule has 0 aliphatic rings. The van der Waals surface area contributed by atoms with Crippen molar-refractivity contribution < 1.29 is 9.59 Å². The first-order chi connectivity index (χ1) is 9.72. The number of guanidine groups is 1. The molecule has 2 rings (SSSR count). The quantitative estimate of drug-likeness (QED) is 0.506. The first-order valence-corrected chi connectivity index (χ1v) is 5.93. The molecule has 0 spiro atoms. The SMILES string of the molecule is NC(=Nc1ccccc1C=O)Nc1ccc(C=O)cc1. The van der Waals surface area contributed by atoms with Crippen molar-refractivity contribution in [2.75, 3.05) is 5.32 Å². The second-order valence-electron chi connectivity index (χ2n) is 4.04. The van der Waals surface area contributed by atoms with E-state index >= 15 is 0 Å². The average molecular weight is 267 g/mol. The monoisotopic (exact) mass is 267 g/mol. The van der Waals surface area contributed by atoms with Gasteiger partial charge in [0.15, 0.2) is 12.2 Å². The molecule has 2 aromatic carbocycles. The van der Waals surface area contributed by atoms with Gasteiger partial charge in [-0.05, 0) is 36.4 Å².